The van der Waals surface area contributed by atoms with E-state index in [1.54, 1.807) is 0 Å². The maximum atomic E-state index is 9.35. The van der Waals surface area contributed by atoms with E-state index < -0.39 is 0 Å². The van der Waals surface area contributed by atoms with Crippen LogP contribution < -0.4 is 5.32 Å². The van der Waals surface area contributed by atoms with Crippen molar-refractivity contribution in [3.8, 4) is 0 Å². The molecule has 0 aliphatic carbocycles. The molecule has 0 saturated carbocycles. The van der Waals surface area contributed by atoms with Crippen LogP contribution in [0.4, 0.5) is 0 Å². The molecule has 1 aliphatic rings. The maximum Gasteiger partial charge on any atom is 0.0639 e. The SMILES string of the molecule is CC(C)OCCNCC1CCN(C[C@H](C)O)CC1. The van der Waals surface area contributed by atoms with E-state index in [1.807, 2.05) is 6.92 Å². The average molecular weight is 258 g/mol. The number of aliphatic hydroxyl groups is 1. The fourth-order valence-corrected chi connectivity index (χ4v) is 2.42. The van der Waals surface area contributed by atoms with Crippen LogP contribution in [0.5, 0.6) is 0 Å². The molecule has 0 aromatic carbocycles. The van der Waals surface area contributed by atoms with Crippen molar-refractivity contribution in [2.24, 2.45) is 5.92 Å². The smallest absolute Gasteiger partial charge is 0.0639 e. The molecule has 0 aromatic rings. The lowest BCUT2D eigenvalue weighted by molar-refractivity contribution is 0.0779. The molecular formula is C14H30N2O2. The number of hydrogen-bond acceptors (Lipinski definition) is 4. The molecule has 0 radical (unpaired) electrons. The first-order valence-corrected chi connectivity index (χ1v) is 7.30. The third-order valence-corrected chi connectivity index (χ3v) is 3.39. The number of piperidine rings is 1. The molecule has 0 amide bonds. The van der Waals surface area contributed by atoms with Gasteiger partial charge in [0.05, 0.1) is 18.8 Å². The standard InChI is InChI=1S/C14H30N2O2/c1-12(2)18-9-6-15-10-14-4-7-16(8-5-14)11-13(3)17/h12-15,17H,4-11H2,1-3H3/t13-/m0/s1. The van der Waals surface area contributed by atoms with Gasteiger partial charge in [-0.05, 0) is 59.2 Å². The van der Waals surface area contributed by atoms with Crippen LogP contribution in [0, 0.1) is 5.92 Å². The van der Waals surface area contributed by atoms with Crippen LogP contribution in [0.3, 0.4) is 0 Å². The Morgan fingerprint density at radius 3 is 2.50 bits per heavy atom. The van der Waals surface area contributed by atoms with Crippen molar-refractivity contribution in [1.29, 1.82) is 0 Å². The summed E-state index contributed by atoms with van der Waals surface area (Å²) >= 11 is 0. The van der Waals surface area contributed by atoms with Crippen LogP contribution in [0.15, 0.2) is 0 Å². The molecule has 0 unspecified atom stereocenters. The molecule has 1 fully saturated rings. The summed E-state index contributed by atoms with van der Waals surface area (Å²) in [4.78, 5) is 2.36. The molecule has 1 aliphatic heterocycles. The van der Waals surface area contributed by atoms with Gasteiger partial charge in [-0.25, -0.2) is 0 Å². The number of likely N-dealkylation sites (tertiary alicyclic amines) is 1. The average Bonchev–Trinajstić information content (AvgIpc) is 2.30. The lowest BCUT2D eigenvalue weighted by Gasteiger charge is -2.32. The van der Waals surface area contributed by atoms with E-state index in [0.29, 0.717) is 6.10 Å². The van der Waals surface area contributed by atoms with Gasteiger partial charge in [-0.1, -0.05) is 0 Å². The predicted molar refractivity (Wildman–Crippen MR) is 74.8 cm³/mol. The molecule has 0 spiro atoms. The Morgan fingerprint density at radius 2 is 1.94 bits per heavy atom. The normalized spacial score (nSPS) is 20.5. The number of β-amino-alcohol motifs (C(OH)–C–C–N with tert-alkyl or cyclic N) is 1. The highest BCUT2D eigenvalue weighted by atomic mass is 16.5. The maximum absolute atomic E-state index is 9.35. The molecule has 0 aromatic heterocycles. The molecule has 18 heavy (non-hydrogen) atoms. The number of ether oxygens (including phenoxy) is 1. The Balaban J connectivity index is 1.98. The van der Waals surface area contributed by atoms with Gasteiger partial charge in [0.15, 0.2) is 0 Å². The van der Waals surface area contributed by atoms with Crippen LogP contribution in [-0.2, 0) is 4.74 Å². The van der Waals surface area contributed by atoms with E-state index in [-0.39, 0.29) is 6.10 Å². The lowest BCUT2D eigenvalue weighted by atomic mass is 9.96. The fourth-order valence-electron chi connectivity index (χ4n) is 2.42. The zero-order valence-electron chi connectivity index (χ0n) is 12.2. The van der Waals surface area contributed by atoms with Gasteiger partial charge in [0.1, 0.15) is 0 Å². The molecule has 1 atom stereocenters. The first-order chi connectivity index (χ1) is 8.58. The van der Waals surface area contributed by atoms with E-state index in [1.165, 1.54) is 12.8 Å². The minimum atomic E-state index is -0.201. The van der Waals surface area contributed by atoms with Gasteiger partial charge >= 0.3 is 0 Å². The van der Waals surface area contributed by atoms with Gasteiger partial charge in [-0.2, -0.15) is 0 Å². The van der Waals surface area contributed by atoms with Crippen molar-refractivity contribution in [2.45, 2.75) is 45.8 Å². The zero-order chi connectivity index (χ0) is 13.4. The van der Waals surface area contributed by atoms with E-state index in [4.69, 9.17) is 4.74 Å². The van der Waals surface area contributed by atoms with Crippen molar-refractivity contribution in [1.82, 2.24) is 10.2 Å². The van der Waals surface area contributed by atoms with Crippen LogP contribution in [0.2, 0.25) is 0 Å². The van der Waals surface area contributed by atoms with Crippen LogP contribution in [-0.4, -0.2) is 61.5 Å². The third-order valence-electron chi connectivity index (χ3n) is 3.39. The molecule has 4 nitrogen and oxygen atoms in total. The van der Waals surface area contributed by atoms with Gasteiger partial charge in [0, 0.05) is 13.1 Å². The van der Waals surface area contributed by atoms with Crippen molar-refractivity contribution >= 4 is 0 Å². The molecule has 4 heteroatoms. The summed E-state index contributed by atoms with van der Waals surface area (Å²) < 4.78 is 5.49. The number of nitrogens with one attached hydrogen (secondary N) is 1. The van der Waals surface area contributed by atoms with E-state index in [0.717, 1.165) is 45.2 Å². The first kappa shape index (κ1) is 15.9. The first-order valence-electron chi connectivity index (χ1n) is 7.30. The molecule has 1 rings (SSSR count). The Morgan fingerprint density at radius 1 is 1.28 bits per heavy atom. The number of aliphatic hydroxyl groups excluding tert-OH is 1. The van der Waals surface area contributed by atoms with Gasteiger partial charge in [0.2, 0.25) is 0 Å². The van der Waals surface area contributed by atoms with Crippen molar-refractivity contribution in [3.63, 3.8) is 0 Å². The van der Waals surface area contributed by atoms with E-state index >= 15 is 0 Å². The summed E-state index contributed by atoms with van der Waals surface area (Å²) in [5.74, 6) is 0.786. The predicted octanol–water partition coefficient (Wildman–Crippen LogP) is 1.09. The highest BCUT2D eigenvalue weighted by molar-refractivity contribution is 4.74. The Hall–Kier alpha value is -0.160. The highest BCUT2D eigenvalue weighted by Gasteiger charge is 2.19. The summed E-state index contributed by atoms with van der Waals surface area (Å²) in [6.45, 7) is 11.9. The zero-order valence-corrected chi connectivity index (χ0v) is 12.2. The van der Waals surface area contributed by atoms with Gasteiger partial charge in [-0.15, -0.1) is 0 Å². The summed E-state index contributed by atoms with van der Waals surface area (Å²) in [6.07, 6.45) is 2.61. The minimum Gasteiger partial charge on any atom is -0.392 e. The quantitative estimate of drug-likeness (QED) is 0.640. The second-order valence-corrected chi connectivity index (χ2v) is 5.72. The highest BCUT2D eigenvalue weighted by Crippen LogP contribution is 2.16. The molecule has 0 bridgehead atoms. The van der Waals surface area contributed by atoms with Gasteiger partial charge < -0.3 is 20.1 Å². The summed E-state index contributed by atoms with van der Waals surface area (Å²) in [5, 5.41) is 12.8. The van der Waals surface area contributed by atoms with Gasteiger partial charge in [-0.3, -0.25) is 0 Å². The second-order valence-electron chi connectivity index (χ2n) is 5.72. The Bertz CT molecular complexity index is 202. The molecule has 1 heterocycles. The molecular weight excluding hydrogens is 228 g/mol. The van der Waals surface area contributed by atoms with Crippen LogP contribution >= 0.6 is 0 Å². The largest absolute Gasteiger partial charge is 0.392 e. The molecule has 108 valence electrons. The Labute approximate surface area is 112 Å². The van der Waals surface area contributed by atoms with Crippen molar-refractivity contribution < 1.29 is 9.84 Å². The summed E-state index contributed by atoms with van der Waals surface area (Å²) in [5.41, 5.74) is 0. The van der Waals surface area contributed by atoms with Gasteiger partial charge in [0.25, 0.3) is 0 Å². The summed E-state index contributed by atoms with van der Waals surface area (Å²) in [7, 11) is 0. The lowest BCUT2D eigenvalue weighted by Crippen LogP contribution is -2.40. The second kappa shape index (κ2) is 8.86. The third kappa shape index (κ3) is 7.31. The van der Waals surface area contributed by atoms with Crippen LogP contribution in [0.25, 0.3) is 0 Å². The molecule has 1 saturated heterocycles. The Kier molecular flexibility index (Phi) is 7.82. The van der Waals surface area contributed by atoms with Crippen LogP contribution in [0.1, 0.15) is 33.6 Å². The summed E-state index contributed by atoms with van der Waals surface area (Å²) in [6, 6.07) is 0. The number of nitrogens with zero attached hydrogens (tertiary/aromatic N) is 1. The van der Waals surface area contributed by atoms with E-state index in [9.17, 15) is 5.11 Å². The monoisotopic (exact) mass is 258 g/mol. The van der Waals surface area contributed by atoms with Crippen molar-refractivity contribution in [3.05, 3.63) is 0 Å². The minimum absolute atomic E-state index is 0.201. The number of rotatable bonds is 8. The number of hydrogen-bond donors (Lipinski definition) is 2. The van der Waals surface area contributed by atoms with E-state index in [2.05, 4.69) is 24.1 Å². The molecule has 2 N–H and O–H groups in total. The van der Waals surface area contributed by atoms with Crippen molar-refractivity contribution in [2.75, 3.05) is 39.3 Å². The topological polar surface area (TPSA) is 44.7 Å². The fraction of sp³-hybridized carbons (Fsp3) is 1.00.